The minimum atomic E-state index is -0.429. The Hall–Kier alpha value is -1.64. The fraction of sp³-hybridized carbons (Fsp3) is 0.368. The maximum atomic E-state index is 10.6. The molecule has 2 fully saturated rings. The third-order valence-corrected chi connectivity index (χ3v) is 4.89. The Balaban J connectivity index is 1.62. The Morgan fingerprint density at radius 3 is 1.76 bits per heavy atom. The van der Waals surface area contributed by atoms with Crippen LogP contribution in [0.1, 0.15) is 30.0 Å². The van der Waals surface area contributed by atoms with Crippen molar-refractivity contribution >= 4 is 0 Å². The van der Waals surface area contributed by atoms with E-state index >= 15 is 0 Å². The van der Waals surface area contributed by atoms with Crippen molar-refractivity contribution in [2.75, 3.05) is 13.1 Å². The Bertz CT molecular complexity index is 560. The van der Waals surface area contributed by atoms with Crippen LogP contribution in [0.4, 0.5) is 0 Å². The highest BCUT2D eigenvalue weighted by Gasteiger charge is 2.53. The van der Waals surface area contributed by atoms with Gasteiger partial charge in [-0.1, -0.05) is 60.7 Å². The molecule has 21 heavy (non-hydrogen) atoms. The van der Waals surface area contributed by atoms with Gasteiger partial charge in [0.15, 0.2) is 0 Å². The predicted octanol–water partition coefficient (Wildman–Crippen LogP) is 3.23. The third-order valence-electron chi connectivity index (χ3n) is 4.89. The van der Waals surface area contributed by atoms with Crippen molar-refractivity contribution in [3.05, 3.63) is 71.8 Å². The van der Waals surface area contributed by atoms with E-state index in [1.165, 1.54) is 24.0 Å². The van der Waals surface area contributed by atoms with E-state index in [2.05, 4.69) is 65.6 Å². The van der Waals surface area contributed by atoms with Gasteiger partial charge >= 0.3 is 0 Å². The lowest BCUT2D eigenvalue weighted by Gasteiger charge is -2.51. The van der Waals surface area contributed by atoms with Gasteiger partial charge in [0.25, 0.3) is 0 Å². The SMILES string of the molecule is OC1(C2CC2)CN(C(c2ccccc2)c2ccccc2)C1. The number of rotatable bonds is 4. The van der Waals surface area contributed by atoms with Gasteiger partial charge in [0.05, 0.1) is 11.6 Å². The highest BCUT2D eigenvalue weighted by atomic mass is 16.3. The fourth-order valence-corrected chi connectivity index (χ4v) is 3.60. The van der Waals surface area contributed by atoms with Crippen LogP contribution in [0.15, 0.2) is 60.7 Å². The van der Waals surface area contributed by atoms with E-state index in [1.54, 1.807) is 0 Å². The van der Waals surface area contributed by atoms with Crippen LogP contribution < -0.4 is 0 Å². The quantitative estimate of drug-likeness (QED) is 0.929. The largest absolute Gasteiger partial charge is 0.387 e. The van der Waals surface area contributed by atoms with Crippen molar-refractivity contribution in [3.63, 3.8) is 0 Å². The summed E-state index contributed by atoms with van der Waals surface area (Å²) in [6.45, 7) is 1.60. The van der Waals surface area contributed by atoms with E-state index in [4.69, 9.17) is 0 Å². The van der Waals surface area contributed by atoms with Gasteiger partial charge in [-0.2, -0.15) is 0 Å². The molecule has 2 aromatic carbocycles. The zero-order chi connectivity index (χ0) is 14.3. The minimum Gasteiger partial charge on any atom is -0.387 e. The molecule has 1 aliphatic carbocycles. The zero-order valence-corrected chi connectivity index (χ0v) is 12.2. The van der Waals surface area contributed by atoms with Crippen molar-refractivity contribution < 1.29 is 5.11 Å². The van der Waals surface area contributed by atoms with Crippen LogP contribution in [0.25, 0.3) is 0 Å². The summed E-state index contributed by atoms with van der Waals surface area (Å²) in [5.41, 5.74) is 2.19. The normalized spacial score (nSPS) is 21.2. The highest BCUT2D eigenvalue weighted by Crippen LogP contribution is 2.47. The Morgan fingerprint density at radius 2 is 1.33 bits per heavy atom. The van der Waals surface area contributed by atoms with Gasteiger partial charge in [-0.3, -0.25) is 4.90 Å². The molecule has 0 atom stereocenters. The molecule has 108 valence electrons. The summed E-state index contributed by atoms with van der Waals surface area (Å²) in [5, 5.41) is 10.6. The van der Waals surface area contributed by atoms with E-state index < -0.39 is 5.60 Å². The van der Waals surface area contributed by atoms with Gasteiger partial charge in [0.1, 0.15) is 0 Å². The van der Waals surface area contributed by atoms with Gasteiger partial charge in [-0.15, -0.1) is 0 Å². The van der Waals surface area contributed by atoms with Crippen LogP contribution in [0, 0.1) is 5.92 Å². The lowest BCUT2D eigenvalue weighted by Crippen LogP contribution is -2.63. The smallest absolute Gasteiger partial charge is 0.0928 e. The summed E-state index contributed by atoms with van der Waals surface area (Å²) in [4.78, 5) is 2.41. The van der Waals surface area contributed by atoms with Crippen LogP contribution in [0.5, 0.6) is 0 Å². The third kappa shape index (κ3) is 2.39. The molecule has 2 heteroatoms. The van der Waals surface area contributed by atoms with Gasteiger partial charge in [-0.25, -0.2) is 0 Å². The first kappa shape index (κ1) is 13.1. The van der Waals surface area contributed by atoms with Gasteiger partial charge in [-0.05, 0) is 29.9 Å². The number of hydrogen-bond acceptors (Lipinski definition) is 2. The van der Waals surface area contributed by atoms with E-state index in [0.717, 1.165) is 13.1 Å². The van der Waals surface area contributed by atoms with Crippen LogP contribution in [-0.2, 0) is 0 Å². The van der Waals surface area contributed by atoms with Gasteiger partial charge < -0.3 is 5.11 Å². The molecule has 0 aromatic heterocycles. The molecule has 1 saturated heterocycles. The Labute approximate surface area is 126 Å². The number of hydrogen-bond donors (Lipinski definition) is 1. The fourth-order valence-electron chi connectivity index (χ4n) is 3.60. The zero-order valence-electron chi connectivity index (χ0n) is 12.2. The second kappa shape index (κ2) is 4.97. The van der Waals surface area contributed by atoms with Gasteiger partial charge in [0, 0.05) is 13.1 Å². The number of likely N-dealkylation sites (tertiary alicyclic amines) is 1. The molecular weight excluding hydrogens is 258 g/mol. The minimum absolute atomic E-state index is 0.256. The topological polar surface area (TPSA) is 23.5 Å². The molecule has 0 amide bonds. The summed E-state index contributed by atoms with van der Waals surface area (Å²) in [6.07, 6.45) is 2.40. The molecule has 1 heterocycles. The number of β-amino-alcohol motifs (C(OH)–C–C–N with tert-alkyl or cyclic N) is 1. The van der Waals surface area contributed by atoms with Crippen LogP contribution in [0.3, 0.4) is 0 Å². The number of benzene rings is 2. The van der Waals surface area contributed by atoms with E-state index in [0.29, 0.717) is 5.92 Å². The summed E-state index contributed by atoms with van der Waals surface area (Å²) in [7, 11) is 0. The van der Waals surface area contributed by atoms with Crippen molar-refractivity contribution in [3.8, 4) is 0 Å². The molecule has 0 spiro atoms. The standard InChI is InChI=1S/C19H21NO/c21-19(17-11-12-17)13-20(14-19)18(15-7-3-1-4-8-15)16-9-5-2-6-10-16/h1-10,17-18,21H,11-14H2. The maximum Gasteiger partial charge on any atom is 0.0928 e. The van der Waals surface area contributed by atoms with E-state index in [9.17, 15) is 5.11 Å². The molecule has 0 bridgehead atoms. The molecule has 0 unspecified atom stereocenters. The first-order chi connectivity index (χ1) is 10.3. The number of aliphatic hydroxyl groups is 1. The van der Waals surface area contributed by atoms with Crippen LogP contribution in [-0.4, -0.2) is 28.7 Å². The first-order valence-corrected chi connectivity index (χ1v) is 7.83. The summed E-state index contributed by atoms with van der Waals surface area (Å²) < 4.78 is 0. The summed E-state index contributed by atoms with van der Waals surface area (Å²) >= 11 is 0. The van der Waals surface area contributed by atoms with Crippen molar-refractivity contribution in [1.29, 1.82) is 0 Å². The average molecular weight is 279 g/mol. The molecule has 2 aliphatic rings. The van der Waals surface area contributed by atoms with Crippen LogP contribution >= 0.6 is 0 Å². The lowest BCUT2D eigenvalue weighted by atomic mass is 9.84. The molecule has 1 aliphatic heterocycles. The molecule has 4 rings (SSSR count). The summed E-state index contributed by atoms with van der Waals surface area (Å²) in [5.74, 6) is 0.543. The molecule has 2 nitrogen and oxygen atoms in total. The second-order valence-electron chi connectivity index (χ2n) is 6.51. The molecule has 1 saturated carbocycles. The maximum absolute atomic E-state index is 10.6. The second-order valence-corrected chi connectivity index (χ2v) is 6.51. The molecular formula is C19H21NO. The predicted molar refractivity (Wildman–Crippen MR) is 84.0 cm³/mol. The monoisotopic (exact) mass is 279 g/mol. The van der Waals surface area contributed by atoms with Crippen molar-refractivity contribution in [1.82, 2.24) is 4.90 Å². The molecule has 2 aromatic rings. The van der Waals surface area contributed by atoms with Gasteiger partial charge in [0.2, 0.25) is 0 Å². The summed E-state index contributed by atoms with van der Waals surface area (Å²) in [6, 6.07) is 21.5. The van der Waals surface area contributed by atoms with E-state index in [-0.39, 0.29) is 6.04 Å². The Kier molecular flexibility index (Phi) is 3.09. The number of nitrogens with zero attached hydrogens (tertiary/aromatic N) is 1. The van der Waals surface area contributed by atoms with Crippen molar-refractivity contribution in [2.24, 2.45) is 5.92 Å². The lowest BCUT2D eigenvalue weighted by molar-refractivity contribution is -0.124. The average Bonchev–Trinajstić information content (AvgIpc) is 3.33. The van der Waals surface area contributed by atoms with Crippen LogP contribution in [0.2, 0.25) is 0 Å². The highest BCUT2D eigenvalue weighted by molar-refractivity contribution is 5.33. The van der Waals surface area contributed by atoms with E-state index in [1.807, 2.05) is 0 Å². The molecule has 0 radical (unpaired) electrons. The first-order valence-electron chi connectivity index (χ1n) is 7.83. The molecule has 1 N–H and O–H groups in total. The Morgan fingerprint density at radius 1 is 0.857 bits per heavy atom. The van der Waals surface area contributed by atoms with Crippen molar-refractivity contribution in [2.45, 2.75) is 24.5 Å².